The largest absolute Gasteiger partial charge is 0.377 e. The second-order valence-corrected chi connectivity index (χ2v) is 8.64. The lowest BCUT2D eigenvalue weighted by Gasteiger charge is -2.13. The van der Waals surface area contributed by atoms with Gasteiger partial charge in [-0.15, -0.1) is 0 Å². The molecule has 0 saturated carbocycles. The number of benzene rings is 2. The molecule has 2 aromatic rings. The highest BCUT2D eigenvalue weighted by Gasteiger charge is 2.22. The lowest BCUT2D eigenvalue weighted by atomic mass is 10.2. The fourth-order valence-corrected chi connectivity index (χ4v) is 5.66. The summed E-state index contributed by atoms with van der Waals surface area (Å²) < 4.78 is 32.2. The molecule has 0 atom stereocenters. The molecule has 0 aliphatic carbocycles. The molecule has 0 aliphatic heterocycles. The van der Waals surface area contributed by atoms with Gasteiger partial charge in [0, 0.05) is 4.47 Å². The fourth-order valence-electron chi connectivity index (χ4n) is 1.74. The maximum absolute atomic E-state index is 12.5. The van der Waals surface area contributed by atoms with Crippen molar-refractivity contribution in [2.24, 2.45) is 0 Å². The van der Waals surface area contributed by atoms with Crippen LogP contribution in [0.4, 0.5) is 0 Å². The summed E-state index contributed by atoms with van der Waals surface area (Å²) in [5, 5.41) is 0. The van der Waals surface area contributed by atoms with Crippen molar-refractivity contribution in [3.63, 3.8) is 0 Å². The lowest BCUT2D eigenvalue weighted by molar-refractivity contribution is 0.482. The minimum Gasteiger partial charge on any atom is -0.377 e. The number of rotatable bonds is 3. The zero-order valence-electron chi connectivity index (χ0n) is 11.2. The predicted molar refractivity (Wildman–Crippen MR) is 93.3 cm³/mol. The normalized spacial score (nSPS) is 11.5. The van der Waals surface area contributed by atoms with Gasteiger partial charge in [-0.1, -0.05) is 28.1 Å². The third-order valence-electron chi connectivity index (χ3n) is 2.77. The van der Waals surface area contributed by atoms with Gasteiger partial charge in [-0.25, -0.2) is 0 Å². The first kappa shape index (κ1) is 17.0. The average molecular weight is 499 g/mol. The first-order valence-corrected chi connectivity index (χ1v) is 9.66. The van der Waals surface area contributed by atoms with E-state index in [-0.39, 0.29) is 10.6 Å². The maximum atomic E-state index is 12.5. The molecule has 2 rings (SSSR count). The van der Waals surface area contributed by atoms with E-state index in [1.54, 1.807) is 31.2 Å². The van der Waals surface area contributed by atoms with Gasteiger partial charge in [0.15, 0.2) is 5.75 Å². The molecule has 0 bridgehead atoms. The molecule has 0 aliphatic rings. The molecule has 3 nitrogen and oxygen atoms in total. The van der Waals surface area contributed by atoms with Crippen LogP contribution in [0.5, 0.6) is 5.75 Å². The summed E-state index contributed by atoms with van der Waals surface area (Å²) in [4.78, 5) is 0.171. The second-order valence-electron chi connectivity index (χ2n) is 4.50. The molecule has 0 spiro atoms. The van der Waals surface area contributed by atoms with Gasteiger partial charge in [0.05, 0.1) is 8.95 Å². The van der Waals surface area contributed by atoms with Gasteiger partial charge in [0.25, 0.3) is 0 Å². The van der Waals surface area contributed by atoms with Crippen LogP contribution in [-0.4, -0.2) is 8.42 Å². The standard InChI is InChI=1S/C14H11Br3O3S/c1-8-3-4-9(2)13(5-8)21(18,19)20-14-11(16)6-10(15)7-12(14)17/h3-7H,1-2H3. The third kappa shape index (κ3) is 3.88. The molecule has 0 N–H and O–H groups in total. The monoisotopic (exact) mass is 496 g/mol. The van der Waals surface area contributed by atoms with Crippen molar-refractivity contribution < 1.29 is 12.6 Å². The highest BCUT2D eigenvalue weighted by Crippen LogP contribution is 2.38. The van der Waals surface area contributed by atoms with E-state index in [0.29, 0.717) is 14.5 Å². The van der Waals surface area contributed by atoms with Gasteiger partial charge >= 0.3 is 10.1 Å². The lowest BCUT2D eigenvalue weighted by Crippen LogP contribution is -2.12. The summed E-state index contributed by atoms with van der Waals surface area (Å²) in [5.74, 6) is 0.221. The van der Waals surface area contributed by atoms with Gasteiger partial charge in [0.1, 0.15) is 4.90 Å². The molecule has 7 heteroatoms. The molecule has 0 fully saturated rings. The molecule has 0 aromatic heterocycles. The number of hydrogen-bond acceptors (Lipinski definition) is 3. The maximum Gasteiger partial charge on any atom is 0.339 e. The van der Waals surface area contributed by atoms with Crippen molar-refractivity contribution in [1.82, 2.24) is 0 Å². The molecule has 0 radical (unpaired) electrons. The molecule has 112 valence electrons. The Bertz CT molecular complexity index is 778. The van der Waals surface area contributed by atoms with Crippen molar-refractivity contribution in [3.05, 3.63) is 54.9 Å². The Hall–Kier alpha value is -0.370. The zero-order chi connectivity index (χ0) is 15.8. The van der Waals surface area contributed by atoms with Crippen molar-refractivity contribution in [2.75, 3.05) is 0 Å². The second kappa shape index (κ2) is 6.40. The van der Waals surface area contributed by atoms with Crippen LogP contribution in [0.25, 0.3) is 0 Å². The van der Waals surface area contributed by atoms with Crippen LogP contribution in [0, 0.1) is 13.8 Å². The minimum atomic E-state index is -3.90. The Kier molecular flexibility index (Phi) is 5.18. The Balaban J connectivity index is 2.50. The third-order valence-corrected chi connectivity index (χ3v) is 5.77. The predicted octanol–water partition coefficient (Wildman–Crippen LogP) is 5.36. The molecule has 0 amide bonds. The molecular weight excluding hydrogens is 488 g/mol. The highest BCUT2D eigenvalue weighted by molar-refractivity contribution is 9.11. The summed E-state index contributed by atoms with van der Waals surface area (Å²) in [6.45, 7) is 3.57. The fraction of sp³-hybridized carbons (Fsp3) is 0.143. The Morgan fingerprint density at radius 2 is 1.52 bits per heavy atom. The minimum absolute atomic E-state index is 0.171. The van der Waals surface area contributed by atoms with E-state index in [1.807, 2.05) is 13.0 Å². The topological polar surface area (TPSA) is 43.4 Å². The molecule has 21 heavy (non-hydrogen) atoms. The van der Waals surface area contributed by atoms with Gasteiger partial charge < -0.3 is 4.18 Å². The summed E-state index contributed by atoms with van der Waals surface area (Å²) in [5.41, 5.74) is 1.50. The van der Waals surface area contributed by atoms with Crippen LogP contribution in [-0.2, 0) is 10.1 Å². The number of hydrogen-bond donors (Lipinski definition) is 0. The first-order valence-electron chi connectivity index (χ1n) is 5.87. The number of halogens is 3. The Morgan fingerprint density at radius 1 is 0.952 bits per heavy atom. The van der Waals surface area contributed by atoms with Crippen LogP contribution in [0.2, 0.25) is 0 Å². The van der Waals surface area contributed by atoms with E-state index in [0.717, 1.165) is 10.0 Å². The van der Waals surface area contributed by atoms with Crippen molar-refractivity contribution in [3.8, 4) is 5.75 Å². The van der Waals surface area contributed by atoms with Crippen molar-refractivity contribution in [1.29, 1.82) is 0 Å². The average Bonchev–Trinajstić information content (AvgIpc) is 2.36. The molecule has 2 aromatic carbocycles. The smallest absolute Gasteiger partial charge is 0.339 e. The SMILES string of the molecule is Cc1ccc(C)c(S(=O)(=O)Oc2c(Br)cc(Br)cc2Br)c1. The summed E-state index contributed by atoms with van der Waals surface area (Å²) >= 11 is 9.94. The van der Waals surface area contributed by atoms with Gasteiger partial charge in [-0.05, 0) is 75.0 Å². The van der Waals surface area contributed by atoms with Gasteiger partial charge in [-0.3, -0.25) is 0 Å². The van der Waals surface area contributed by atoms with Gasteiger partial charge in [0.2, 0.25) is 0 Å². The highest BCUT2D eigenvalue weighted by atomic mass is 79.9. The molecule has 0 heterocycles. The Morgan fingerprint density at radius 3 is 2.10 bits per heavy atom. The summed E-state index contributed by atoms with van der Waals surface area (Å²) in [6.07, 6.45) is 0. The van der Waals surface area contributed by atoms with E-state index in [1.165, 1.54) is 0 Å². The van der Waals surface area contributed by atoms with Crippen LogP contribution >= 0.6 is 47.8 Å². The van der Waals surface area contributed by atoms with Crippen LogP contribution in [0.15, 0.2) is 48.6 Å². The van der Waals surface area contributed by atoms with E-state index < -0.39 is 10.1 Å². The Labute approximate surface area is 149 Å². The van der Waals surface area contributed by atoms with Crippen LogP contribution < -0.4 is 4.18 Å². The van der Waals surface area contributed by atoms with E-state index in [4.69, 9.17) is 4.18 Å². The first-order chi connectivity index (χ1) is 9.70. The quantitative estimate of drug-likeness (QED) is 0.535. The summed E-state index contributed by atoms with van der Waals surface area (Å²) in [6, 6.07) is 8.67. The van der Waals surface area contributed by atoms with E-state index >= 15 is 0 Å². The van der Waals surface area contributed by atoms with Crippen molar-refractivity contribution in [2.45, 2.75) is 18.7 Å². The summed E-state index contributed by atoms with van der Waals surface area (Å²) in [7, 11) is -3.90. The molecule has 0 saturated heterocycles. The number of aryl methyl sites for hydroxylation is 2. The van der Waals surface area contributed by atoms with E-state index in [2.05, 4.69) is 47.8 Å². The van der Waals surface area contributed by atoms with Crippen LogP contribution in [0.1, 0.15) is 11.1 Å². The van der Waals surface area contributed by atoms with Crippen LogP contribution in [0.3, 0.4) is 0 Å². The zero-order valence-corrected chi connectivity index (χ0v) is 16.7. The van der Waals surface area contributed by atoms with Gasteiger partial charge in [-0.2, -0.15) is 8.42 Å². The molecule has 0 unspecified atom stereocenters. The van der Waals surface area contributed by atoms with Crippen molar-refractivity contribution >= 4 is 57.9 Å². The van der Waals surface area contributed by atoms with E-state index in [9.17, 15) is 8.42 Å². The molecular formula is C14H11Br3O3S.